The number of hydrogen-bond donors (Lipinski definition) is 0. The van der Waals surface area contributed by atoms with Gasteiger partial charge in [-0.2, -0.15) is 4.98 Å². The van der Waals surface area contributed by atoms with E-state index >= 15 is 0 Å². The number of nitrogens with zero attached hydrogens (tertiary/aromatic N) is 7. The van der Waals surface area contributed by atoms with Gasteiger partial charge < -0.3 is 14.0 Å². The molecule has 10 nitrogen and oxygen atoms in total. The van der Waals surface area contributed by atoms with Crippen molar-refractivity contribution < 1.29 is 14.0 Å². The molecule has 4 aromatic rings. The number of rotatable bonds is 5. The van der Waals surface area contributed by atoms with Crippen LogP contribution in [0.25, 0.3) is 11.5 Å². The molecule has 1 aliphatic heterocycles. The van der Waals surface area contributed by atoms with Gasteiger partial charge in [0.2, 0.25) is 5.82 Å². The van der Waals surface area contributed by atoms with E-state index in [0.717, 1.165) is 5.75 Å². The molecule has 0 radical (unpaired) electrons. The number of para-hydroxylation sites is 1. The average molecular weight is 391 g/mol. The van der Waals surface area contributed by atoms with Gasteiger partial charge >= 0.3 is 0 Å². The highest BCUT2D eigenvalue weighted by Crippen LogP contribution is 2.35. The summed E-state index contributed by atoms with van der Waals surface area (Å²) in [7, 11) is 0. The van der Waals surface area contributed by atoms with Gasteiger partial charge in [-0.3, -0.25) is 0 Å². The van der Waals surface area contributed by atoms with Gasteiger partial charge in [-0.25, -0.2) is 9.67 Å². The van der Waals surface area contributed by atoms with Gasteiger partial charge in [0.05, 0.1) is 6.20 Å². The van der Waals surface area contributed by atoms with Crippen LogP contribution in [0.5, 0.6) is 11.5 Å². The van der Waals surface area contributed by atoms with Crippen LogP contribution in [0, 0.1) is 0 Å². The van der Waals surface area contributed by atoms with E-state index in [0.29, 0.717) is 49.2 Å². The van der Waals surface area contributed by atoms with Gasteiger partial charge in [-0.15, -0.1) is 5.10 Å². The molecule has 146 valence electrons. The first-order chi connectivity index (χ1) is 14.3. The summed E-state index contributed by atoms with van der Waals surface area (Å²) in [5.41, 5.74) is -0.0389. The molecule has 0 spiro atoms. The second-order valence-corrected chi connectivity index (χ2v) is 6.62. The SMILES string of the molecule is c1ccc(Oc2ccc(-c3noc(C4(n5cnnn5)CCOCC4)n3)nc2)cc1. The highest BCUT2D eigenvalue weighted by Gasteiger charge is 2.43. The number of aromatic nitrogens is 7. The number of tetrazole rings is 1. The molecule has 1 aromatic carbocycles. The Balaban J connectivity index is 1.41. The summed E-state index contributed by atoms with van der Waals surface area (Å²) in [4.78, 5) is 9.00. The fourth-order valence-corrected chi connectivity index (χ4v) is 3.32. The number of benzene rings is 1. The summed E-state index contributed by atoms with van der Waals surface area (Å²) in [6, 6.07) is 13.1. The number of hydrogen-bond acceptors (Lipinski definition) is 9. The predicted octanol–water partition coefficient (Wildman–Crippen LogP) is 2.46. The quantitative estimate of drug-likeness (QED) is 0.506. The van der Waals surface area contributed by atoms with Crippen LogP contribution in [0.4, 0.5) is 0 Å². The molecule has 0 N–H and O–H groups in total. The third-order valence-corrected chi connectivity index (χ3v) is 4.88. The smallest absolute Gasteiger partial charge is 0.255 e. The fourth-order valence-electron chi connectivity index (χ4n) is 3.32. The maximum Gasteiger partial charge on any atom is 0.255 e. The Bertz CT molecular complexity index is 1060. The third kappa shape index (κ3) is 3.34. The van der Waals surface area contributed by atoms with Gasteiger partial charge in [0.15, 0.2) is 0 Å². The molecule has 5 rings (SSSR count). The molecule has 1 aliphatic rings. The predicted molar refractivity (Wildman–Crippen MR) is 99.0 cm³/mol. The maximum absolute atomic E-state index is 5.77. The lowest BCUT2D eigenvalue weighted by Gasteiger charge is -2.32. The summed E-state index contributed by atoms with van der Waals surface area (Å²) in [5, 5.41) is 15.7. The molecule has 0 unspecified atom stereocenters. The molecule has 1 saturated heterocycles. The Kier molecular flexibility index (Phi) is 4.45. The van der Waals surface area contributed by atoms with E-state index in [2.05, 4.69) is 30.7 Å². The lowest BCUT2D eigenvalue weighted by molar-refractivity contribution is 0.0187. The second kappa shape index (κ2) is 7.40. The van der Waals surface area contributed by atoms with E-state index in [-0.39, 0.29) is 0 Å². The van der Waals surface area contributed by atoms with Gasteiger partial charge in [0, 0.05) is 26.1 Å². The van der Waals surface area contributed by atoms with Crippen LogP contribution in [0.1, 0.15) is 18.7 Å². The first kappa shape index (κ1) is 17.4. The van der Waals surface area contributed by atoms with E-state index in [1.54, 1.807) is 23.3 Å². The summed E-state index contributed by atoms with van der Waals surface area (Å²) >= 11 is 0. The van der Waals surface area contributed by atoms with Crippen molar-refractivity contribution >= 4 is 0 Å². The Morgan fingerprint density at radius 1 is 1.00 bits per heavy atom. The van der Waals surface area contributed by atoms with E-state index in [9.17, 15) is 0 Å². The first-order valence-corrected chi connectivity index (χ1v) is 9.18. The Morgan fingerprint density at radius 2 is 1.86 bits per heavy atom. The van der Waals surface area contributed by atoms with E-state index in [1.807, 2.05) is 36.4 Å². The minimum Gasteiger partial charge on any atom is -0.456 e. The zero-order chi connectivity index (χ0) is 19.5. The van der Waals surface area contributed by atoms with Crippen molar-refractivity contribution in [2.24, 2.45) is 0 Å². The largest absolute Gasteiger partial charge is 0.456 e. The van der Waals surface area contributed by atoms with Gasteiger partial charge in [0.25, 0.3) is 5.89 Å². The molecule has 0 saturated carbocycles. The van der Waals surface area contributed by atoms with Crippen molar-refractivity contribution in [3.8, 4) is 23.0 Å². The van der Waals surface area contributed by atoms with Crippen molar-refractivity contribution in [3.05, 3.63) is 60.9 Å². The summed E-state index contributed by atoms with van der Waals surface area (Å²) in [6.07, 6.45) is 4.46. The van der Waals surface area contributed by atoms with Crippen LogP contribution in [0.15, 0.2) is 59.5 Å². The van der Waals surface area contributed by atoms with Crippen LogP contribution in [0.3, 0.4) is 0 Å². The molecule has 1 fully saturated rings. The van der Waals surface area contributed by atoms with E-state index in [1.165, 1.54) is 0 Å². The lowest BCUT2D eigenvalue weighted by Crippen LogP contribution is -2.41. The highest BCUT2D eigenvalue weighted by atomic mass is 16.5. The van der Waals surface area contributed by atoms with Gasteiger partial charge in [-0.1, -0.05) is 23.4 Å². The van der Waals surface area contributed by atoms with Crippen LogP contribution in [-0.4, -0.2) is 48.5 Å². The van der Waals surface area contributed by atoms with Crippen molar-refractivity contribution in [1.82, 2.24) is 35.3 Å². The van der Waals surface area contributed by atoms with Crippen LogP contribution in [-0.2, 0) is 10.3 Å². The fraction of sp³-hybridized carbons (Fsp3) is 0.263. The monoisotopic (exact) mass is 391 g/mol. The molecule has 29 heavy (non-hydrogen) atoms. The third-order valence-electron chi connectivity index (χ3n) is 4.88. The molecular formula is C19H17N7O3. The lowest BCUT2D eigenvalue weighted by atomic mass is 9.90. The minimum absolute atomic E-state index is 0.394. The minimum atomic E-state index is -0.622. The molecule has 4 heterocycles. The summed E-state index contributed by atoms with van der Waals surface area (Å²) in [5.74, 6) is 2.20. The second-order valence-electron chi connectivity index (χ2n) is 6.62. The zero-order valence-corrected chi connectivity index (χ0v) is 15.4. The molecule has 10 heteroatoms. The van der Waals surface area contributed by atoms with Crippen molar-refractivity contribution in [2.75, 3.05) is 13.2 Å². The highest BCUT2D eigenvalue weighted by molar-refractivity contribution is 5.49. The summed E-state index contributed by atoms with van der Waals surface area (Å²) < 4.78 is 18.5. The van der Waals surface area contributed by atoms with Gasteiger partial charge in [-0.05, 0) is 34.7 Å². The number of ether oxygens (including phenoxy) is 2. The Morgan fingerprint density at radius 3 is 2.59 bits per heavy atom. The topological polar surface area (TPSA) is 114 Å². The molecule has 3 aromatic heterocycles. The van der Waals surface area contributed by atoms with Crippen LogP contribution in [0.2, 0.25) is 0 Å². The molecule has 0 bridgehead atoms. The maximum atomic E-state index is 5.77. The van der Waals surface area contributed by atoms with E-state index < -0.39 is 5.54 Å². The zero-order valence-electron chi connectivity index (χ0n) is 15.4. The van der Waals surface area contributed by atoms with Crippen molar-refractivity contribution in [2.45, 2.75) is 18.4 Å². The van der Waals surface area contributed by atoms with E-state index in [4.69, 9.17) is 14.0 Å². The van der Waals surface area contributed by atoms with Crippen LogP contribution >= 0.6 is 0 Å². The Hall–Kier alpha value is -3.66. The van der Waals surface area contributed by atoms with Crippen LogP contribution < -0.4 is 4.74 Å². The standard InChI is InChI=1S/C19H17N7O3/c1-2-4-14(5-3-1)28-15-6-7-16(20-12-15)17-22-18(29-23-17)19(8-10-27-11-9-19)26-13-21-24-25-26/h1-7,12-13H,8-11H2. The van der Waals surface area contributed by atoms with Crippen molar-refractivity contribution in [3.63, 3.8) is 0 Å². The number of pyridine rings is 1. The molecular weight excluding hydrogens is 374 g/mol. The normalized spacial score (nSPS) is 15.9. The molecule has 0 amide bonds. The molecule has 0 atom stereocenters. The summed E-state index contributed by atoms with van der Waals surface area (Å²) in [6.45, 7) is 1.11. The average Bonchev–Trinajstić information content (AvgIpc) is 3.49. The van der Waals surface area contributed by atoms with Gasteiger partial charge in [0.1, 0.15) is 29.1 Å². The Labute approximate surface area is 165 Å². The first-order valence-electron chi connectivity index (χ1n) is 9.18. The molecule has 0 aliphatic carbocycles. The van der Waals surface area contributed by atoms with Crippen molar-refractivity contribution in [1.29, 1.82) is 0 Å².